The number of likely N-dealkylation sites (N-methyl/N-ethyl adjacent to an activating group) is 1. The van der Waals surface area contributed by atoms with Gasteiger partial charge in [-0.15, -0.1) is 11.3 Å². The summed E-state index contributed by atoms with van der Waals surface area (Å²) in [6.45, 7) is 1.64. The quantitative estimate of drug-likeness (QED) is 0.853. The largest absolute Gasteiger partial charge is 0.313 e. The summed E-state index contributed by atoms with van der Waals surface area (Å²) >= 11 is 5.09. The molecule has 2 aromatic rings. The molecule has 19 heavy (non-hydrogen) atoms. The number of rotatable bonds is 4. The summed E-state index contributed by atoms with van der Waals surface area (Å²) in [6, 6.07) is 4.33. The first-order chi connectivity index (χ1) is 9.02. The van der Waals surface area contributed by atoms with E-state index in [4.69, 9.17) is 0 Å². The van der Waals surface area contributed by atoms with Crippen molar-refractivity contribution >= 4 is 27.3 Å². The molecule has 0 saturated heterocycles. The molecule has 1 N–H and O–H groups in total. The highest BCUT2D eigenvalue weighted by atomic mass is 79.9. The van der Waals surface area contributed by atoms with Crippen LogP contribution in [0.5, 0.6) is 0 Å². The Kier molecular flexibility index (Phi) is 4.71. The number of hydrogen-bond donors (Lipinski definition) is 1. The number of benzene rings is 1. The number of aryl methyl sites for hydroxylation is 1. The predicted octanol–water partition coefficient (Wildman–Crippen LogP) is 4.60. The second-order valence-electron chi connectivity index (χ2n) is 4.36. The molecule has 102 valence electrons. The van der Waals surface area contributed by atoms with Gasteiger partial charge in [0, 0.05) is 33.4 Å². The fourth-order valence-corrected chi connectivity index (χ4v) is 3.53. The number of thiophene rings is 1. The first-order valence-electron chi connectivity index (χ1n) is 5.87. The first-order valence-corrected chi connectivity index (χ1v) is 7.55. The van der Waals surface area contributed by atoms with Crippen molar-refractivity contribution in [1.82, 2.24) is 5.32 Å². The normalized spacial score (nSPS) is 12.7. The van der Waals surface area contributed by atoms with Crippen LogP contribution in [0.2, 0.25) is 0 Å². The molecule has 0 bridgehead atoms. The van der Waals surface area contributed by atoms with E-state index >= 15 is 0 Å². The smallest absolute Gasteiger partial charge is 0.130 e. The third kappa shape index (κ3) is 3.22. The maximum absolute atomic E-state index is 13.9. The van der Waals surface area contributed by atoms with Gasteiger partial charge in [0.2, 0.25) is 0 Å². The van der Waals surface area contributed by atoms with Crippen LogP contribution in [0.25, 0.3) is 0 Å². The summed E-state index contributed by atoms with van der Waals surface area (Å²) < 4.78 is 28.2. The fourth-order valence-electron chi connectivity index (χ4n) is 1.97. The topological polar surface area (TPSA) is 12.0 Å². The molecular weight excluding hydrogens is 332 g/mol. The van der Waals surface area contributed by atoms with Gasteiger partial charge in [-0.1, -0.05) is 0 Å². The van der Waals surface area contributed by atoms with Gasteiger partial charge < -0.3 is 5.32 Å². The van der Waals surface area contributed by atoms with Crippen LogP contribution in [0.15, 0.2) is 28.1 Å². The lowest BCUT2D eigenvalue weighted by atomic mass is 10.00. The van der Waals surface area contributed by atoms with E-state index in [2.05, 4.69) is 21.2 Å². The molecule has 0 amide bonds. The molecule has 1 aromatic carbocycles. The Bertz CT molecular complexity index is 583. The standard InChI is InChI=1S/C14H14BrF2NS/c1-8-5-9(12(17)6-11(8)16)13(18-2)7-14-10(15)3-4-19-14/h3-6,13,18H,7H2,1-2H3. The Labute approximate surface area is 123 Å². The minimum Gasteiger partial charge on any atom is -0.313 e. The maximum atomic E-state index is 13.9. The van der Waals surface area contributed by atoms with Crippen LogP contribution in [-0.4, -0.2) is 7.05 Å². The zero-order chi connectivity index (χ0) is 14.0. The van der Waals surface area contributed by atoms with E-state index in [9.17, 15) is 8.78 Å². The summed E-state index contributed by atoms with van der Waals surface area (Å²) in [5.41, 5.74) is 0.962. The van der Waals surface area contributed by atoms with E-state index < -0.39 is 11.6 Å². The minimum atomic E-state index is -0.506. The SMILES string of the molecule is CNC(Cc1sccc1Br)c1cc(C)c(F)cc1F. The summed E-state index contributed by atoms with van der Waals surface area (Å²) in [6.07, 6.45) is 0.663. The first kappa shape index (κ1) is 14.6. The highest BCUT2D eigenvalue weighted by molar-refractivity contribution is 9.10. The Balaban J connectivity index is 2.32. The second kappa shape index (κ2) is 6.11. The van der Waals surface area contributed by atoms with Crippen molar-refractivity contribution in [2.75, 3.05) is 7.05 Å². The molecule has 0 saturated carbocycles. The lowest BCUT2D eigenvalue weighted by Gasteiger charge is -2.18. The predicted molar refractivity (Wildman–Crippen MR) is 78.6 cm³/mol. The molecular formula is C14H14BrF2NS. The summed E-state index contributed by atoms with van der Waals surface area (Å²) in [7, 11) is 1.78. The fraction of sp³-hybridized carbons (Fsp3) is 0.286. The van der Waals surface area contributed by atoms with Crippen LogP contribution in [0.4, 0.5) is 8.78 Å². The van der Waals surface area contributed by atoms with Crippen molar-refractivity contribution in [2.24, 2.45) is 0 Å². The second-order valence-corrected chi connectivity index (χ2v) is 6.22. The lowest BCUT2D eigenvalue weighted by Crippen LogP contribution is -2.20. The van der Waals surface area contributed by atoms with Crippen LogP contribution >= 0.6 is 27.3 Å². The van der Waals surface area contributed by atoms with Gasteiger partial charge in [-0.3, -0.25) is 0 Å². The van der Waals surface area contributed by atoms with Gasteiger partial charge in [-0.25, -0.2) is 8.78 Å². The van der Waals surface area contributed by atoms with Crippen LogP contribution < -0.4 is 5.32 Å². The highest BCUT2D eigenvalue weighted by Crippen LogP contribution is 2.29. The number of halogens is 3. The highest BCUT2D eigenvalue weighted by Gasteiger charge is 2.18. The maximum Gasteiger partial charge on any atom is 0.130 e. The minimum absolute atomic E-state index is 0.172. The van der Waals surface area contributed by atoms with Gasteiger partial charge in [0.05, 0.1) is 0 Å². The van der Waals surface area contributed by atoms with Crippen LogP contribution in [0.3, 0.4) is 0 Å². The molecule has 0 aliphatic heterocycles. The van der Waals surface area contributed by atoms with Crippen LogP contribution in [-0.2, 0) is 6.42 Å². The molecule has 1 nitrogen and oxygen atoms in total. The third-order valence-electron chi connectivity index (χ3n) is 3.08. The summed E-state index contributed by atoms with van der Waals surface area (Å²) in [5, 5.41) is 5.08. The van der Waals surface area contributed by atoms with Crippen molar-refractivity contribution in [1.29, 1.82) is 0 Å². The van der Waals surface area contributed by atoms with Gasteiger partial charge in [-0.2, -0.15) is 0 Å². The lowest BCUT2D eigenvalue weighted by molar-refractivity contribution is 0.520. The molecule has 0 spiro atoms. The van der Waals surface area contributed by atoms with E-state index in [0.717, 1.165) is 15.4 Å². The van der Waals surface area contributed by atoms with Crippen LogP contribution in [0, 0.1) is 18.6 Å². The van der Waals surface area contributed by atoms with E-state index in [1.165, 1.54) is 0 Å². The zero-order valence-electron chi connectivity index (χ0n) is 10.6. The monoisotopic (exact) mass is 345 g/mol. The Morgan fingerprint density at radius 1 is 1.32 bits per heavy atom. The molecule has 1 aromatic heterocycles. The van der Waals surface area contributed by atoms with E-state index in [1.54, 1.807) is 31.4 Å². The van der Waals surface area contributed by atoms with Crippen molar-refractivity contribution in [3.05, 3.63) is 55.7 Å². The Morgan fingerprint density at radius 2 is 2.05 bits per heavy atom. The Morgan fingerprint density at radius 3 is 2.63 bits per heavy atom. The van der Waals surface area contributed by atoms with Crippen molar-refractivity contribution in [3.8, 4) is 0 Å². The van der Waals surface area contributed by atoms with Gasteiger partial charge >= 0.3 is 0 Å². The van der Waals surface area contributed by atoms with Crippen molar-refractivity contribution in [2.45, 2.75) is 19.4 Å². The Hall–Kier alpha value is -0.780. The van der Waals surface area contributed by atoms with Gasteiger partial charge in [-0.05, 0) is 53.0 Å². The van der Waals surface area contributed by atoms with E-state index in [0.29, 0.717) is 17.5 Å². The zero-order valence-corrected chi connectivity index (χ0v) is 13.0. The molecule has 5 heteroatoms. The van der Waals surface area contributed by atoms with E-state index in [1.807, 2.05) is 11.4 Å². The van der Waals surface area contributed by atoms with Gasteiger partial charge in [0.1, 0.15) is 11.6 Å². The van der Waals surface area contributed by atoms with Gasteiger partial charge in [0.25, 0.3) is 0 Å². The summed E-state index contributed by atoms with van der Waals surface area (Å²) in [5.74, 6) is -1.01. The summed E-state index contributed by atoms with van der Waals surface area (Å²) in [4.78, 5) is 1.14. The molecule has 0 radical (unpaired) electrons. The molecule has 0 fully saturated rings. The molecule has 1 atom stereocenters. The average Bonchev–Trinajstić information content (AvgIpc) is 2.77. The van der Waals surface area contributed by atoms with Crippen LogP contribution in [0.1, 0.15) is 22.0 Å². The van der Waals surface area contributed by atoms with Gasteiger partial charge in [0.15, 0.2) is 0 Å². The molecule has 1 heterocycles. The molecule has 2 rings (SSSR count). The third-order valence-corrected chi connectivity index (χ3v) is 5.03. The molecule has 0 aliphatic rings. The number of hydrogen-bond acceptors (Lipinski definition) is 2. The number of nitrogens with one attached hydrogen (secondary N) is 1. The molecule has 1 unspecified atom stereocenters. The molecule has 0 aliphatic carbocycles. The van der Waals surface area contributed by atoms with Crippen molar-refractivity contribution in [3.63, 3.8) is 0 Å². The van der Waals surface area contributed by atoms with Crippen molar-refractivity contribution < 1.29 is 8.78 Å². The average molecular weight is 346 g/mol. The van der Waals surface area contributed by atoms with E-state index in [-0.39, 0.29) is 6.04 Å².